The molecule has 0 radical (unpaired) electrons. The number of likely N-dealkylation sites (N-methyl/N-ethyl adjacent to an activating group) is 2. The maximum absolute atomic E-state index is 14.4. The van der Waals surface area contributed by atoms with Crippen molar-refractivity contribution in [2.45, 2.75) is 96.7 Å². The number of rotatable bonds is 9. The number of hydrogen-bond donors (Lipinski definition) is 1. The maximum atomic E-state index is 14.4. The van der Waals surface area contributed by atoms with Gasteiger partial charge in [-0.25, -0.2) is 4.79 Å². The molecule has 0 aromatic heterocycles. The molecule has 1 aromatic rings. The summed E-state index contributed by atoms with van der Waals surface area (Å²) in [5.74, 6) is -3.16. The van der Waals surface area contributed by atoms with E-state index in [2.05, 4.69) is 11.8 Å². The number of aliphatic carboxylic acids is 1. The van der Waals surface area contributed by atoms with Crippen molar-refractivity contribution in [3.63, 3.8) is 0 Å². The molecule has 0 amide bonds. The molecule has 4 rings (SSSR count). The fraction of sp³-hybridized carbons (Fsp3) is 0.737. The van der Waals surface area contributed by atoms with Gasteiger partial charge in [0.15, 0.2) is 18.2 Å². The van der Waals surface area contributed by atoms with Crippen LogP contribution in [-0.2, 0) is 38.1 Å². The number of ketones is 1. The monoisotopic (exact) mass is 717 g/mol. The summed E-state index contributed by atoms with van der Waals surface area (Å²) in [7, 11) is 7.41. The Morgan fingerprint density at radius 2 is 1.69 bits per heavy atom. The molecular formula is C38H59N3O10. The highest BCUT2D eigenvalue weighted by Crippen LogP contribution is 2.39. The van der Waals surface area contributed by atoms with Crippen LogP contribution >= 0.6 is 0 Å². The molecule has 0 aliphatic carbocycles. The van der Waals surface area contributed by atoms with Gasteiger partial charge >= 0.3 is 17.9 Å². The lowest BCUT2D eigenvalue weighted by Crippen LogP contribution is -2.60. The van der Waals surface area contributed by atoms with Gasteiger partial charge in [-0.1, -0.05) is 32.0 Å². The third-order valence-electron chi connectivity index (χ3n) is 11.0. The summed E-state index contributed by atoms with van der Waals surface area (Å²) in [6, 6.07) is 8.31. The normalized spacial score (nSPS) is 34.8. The SMILES string of the molecule is CO[C@]1(C)C[C@@H](C)CN(C)C(C2CN(CC(=O)O)C2)COC(=O)C(C)(C)C(=O)[C@H](C)[C@H]1O[C@@H]1O[C@H](C)C[C@H](N(C)C)[C@H]1OC(=O)c1ccccc1. The summed E-state index contributed by atoms with van der Waals surface area (Å²) < 4.78 is 31.7. The van der Waals surface area contributed by atoms with Crippen LogP contribution < -0.4 is 0 Å². The van der Waals surface area contributed by atoms with Crippen LogP contribution in [0.25, 0.3) is 0 Å². The van der Waals surface area contributed by atoms with E-state index < -0.39 is 53.3 Å². The fourth-order valence-corrected chi connectivity index (χ4v) is 8.11. The van der Waals surface area contributed by atoms with E-state index >= 15 is 0 Å². The molecule has 51 heavy (non-hydrogen) atoms. The van der Waals surface area contributed by atoms with Crippen LogP contribution in [0.4, 0.5) is 0 Å². The number of ether oxygens (including phenoxy) is 5. The molecule has 286 valence electrons. The van der Waals surface area contributed by atoms with Crippen LogP contribution in [-0.4, -0.2) is 147 Å². The number of carbonyl (C=O) groups is 4. The number of Topliss-reactive ketones (excluding diaryl/α,β-unsaturated/α-hetero) is 1. The van der Waals surface area contributed by atoms with E-state index in [1.54, 1.807) is 52.1 Å². The highest BCUT2D eigenvalue weighted by Gasteiger charge is 2.52. The predicted octanol–water partition coefficient (Wildman–Crippen LogP) is 3.20. The summed E-state index contributed by atoms with van der Waals surface area (Å²) in [4.78, 5) is 58.9. The molecule has 3 heterocycles. The number of carboxylic acid groups (broad SMARTS) is 1. The second-order valence-corrected chi connectivity index (χ2v) is 15.9. The molecule has 1 unspecified atom stereocenters. The molecule has 1 aromatic carbocycles. The number of hydrogen-bond acceptors (Lipinski definition) is 12. The third-order valence-corrected chi connectivity index (χ3v) is 11.0. The van der Waals surface area contributed by atoms with Gasteiger partial charge in [-0.15, -0.1) is 0 Å². The zero-order valence-corrected chi connectivity index (χ0v) is 32.0. The molecule has 0 bridgehead atoms. The Bertz CT molecular complexity index is 1370. The van der Waals surface area contributed by atoms with Crippen LogP contribution in [0.5, 0.6) is 0 Å². The number of esters is 2. The van der Waals surface area contributed by atoms with E-state index in [0.29, 0.717) is 38.0 Å². The molecular weight excluding hydrogens is 658 g/mol. The van der Waals surface area contributed by atoms with Crippen molar-refractivity contribution < 1.29 is 48.0 Å². The van der Waals surface area contributed by atoms with Crippen molar-refractivity contribution in [3.05, 3.63) is 35.9 Å². The number of cyclic esters (lactones) is 1. The van der Waals surface area contributed by atoms with Gasteiger partial charge in [-0.2, -0.15) is 0 Å². The summed E-state index contributed by atoms with van der Waals surface area (Å²) in [5.41, 5.74) is -2.17. The maximum Gasteiger partial charge on any atom is 0.338 e. The zero-order valence-electron chi connectivity index (χ0n) is 32.0. The molecule has 13 heteroatoms. The number of likely N-dealkylation sites (tertiary alicyclic amines) is 1. The Kier molecular flexibility index (Phi) is 13.5. The molecule has 9 atom stereocenters. The van der Waals surface area contributed by atoms with Crippen molar-refractivity contribution in [1.82, 2.24) is 14.7 Å². The van der Waals surface area contributed by atoms with E-state index in [9.17, 15) is 24.3 Å². The summed E-state index contributed by atoms with van der Waals surface area (Å²) in [5, 5.41) is 9.25. The van der Waals surface area contributed by atoms with Gasteiger partial charge in [-0.3, -0.25) is 24.2 Å². The number of benzene rings is 1. The zero-order chi connectivity index (χ0) is 37.8. The lowest BCUT2D eigenvalue weighted by molar-refractivity contribution is -0.295. The number of carbonyl (C=O) groups excluding carboxylic acids is 3. The lowest BCUT2D eigenvalue weighted by atomic mass is 9.74. The van der Waals surface area contributed by atoms with Gasteiger partial charge in [-0.05, 0) is 79.7 Å². The second kappa shape index (κ2) is 16.8. The topological polar surface area (TPSA) is 144 Å². The Balaban J connectivity index is 1.69. The smallest absolute Gasteiger partial charge is 0.338 e. The van der Waals surface area contributed by atoms with Crippen LogP contribution in [0.2, 0.25) is 0 Å². The van der Waals surface area contributed by atoms with Gasteiger partial charge in [0.25, 0.3) is 0 Å². The van der Waals surface area contributed by atoms with E-state index in [1.165, 1.54) is 0 Å². The van der Waals surface area contributed by atoms with Crippen molar-refractivity contribution in [1.29, 1.82) is 0 Å². The van der Waals surface area contributed by atoms with Gasteiger partial charge in [0, 0.05) is 44.6 Å². The van der Waals surface area contributed by atoms with Crippen molar-refractivity contribution in [3.8, 4) is 0 Å². The van der Waals surface area contributed by atoms with Crippen LogP contribution in [0, 0.1) is 23.2 Å². The minimum atomic E-state index is -1.53. The first-order valence-corrected chi connectivity index (χ1v) is 18.0. The molecule has 0 spiro atoms. The highest BCUT2D eigenvalue weighted by atomic mass is 16.7. The molecule has 3 aliphatic heterocycles. The number of nitrogens with zero attached hydrogens (tertiary/aromatic N) is 3. The van der Waals surface area contributed by atoms with Crippen molar-refractivity contribution in [2.75, 3.05) is 61.0 Å². The Morgan fingerprint density at radius 1 is 1.04 bits per heavy atom. The second-order valence-electron chi connectivity index (χ2n) is 15.9. The van der Waals surface area contributed by atoms with Gasteiger partial charge < -0.3 is 33.7 Å². The molecule has 3 fully saturated rings. The van der Waals surface area contributed by atoms with E-state index in [-0.39, 0.29) is 49.0 Å². The van der Waals surface area contributed by atoms with Crippen molar-refractivity contribution in [2.24, 2.45) is 23.2 Å². The highest BCUT2D eigenvalue weighted by molar-refractivity contribution is 6.04. The Labute approximate surface area is 302 Å². The third kappa shape index (κ3) is 9.54. The summed E-state index contributed by atoms with van der Waals surface area (Å²) in [6.07, 6.45) is -2.00. The summed E-state index contributed by atoms with van der Waals surface area (Å²) >= 11 is 0. The standard InChI is InChI=1S/C38H59N3O10/c1-23-17-38(6,47-10)33(51-35-31(28(39(7)8)16-24(2)49-35)50-34(45)26-14-12-11-13-15-26)25(3)32(44)37(4,5)36(46)48-22-29(40(9)18-23)27-19-41(20-27)21-30(42)43/h11-15,23-25,27-29,31,33,35H,16-22H2,1-10H3,(H,42,43)/t23-,24-,25+,28+,29?,31-,33-,35+,38-/m1/s1. The van der Waals surface area contributed by atoms with Gasteiger partial charge in [0.05, 0.1) is 36.0 Å². The largest absolute Gasteiger partial charge is 0.480 e. The molecule has 3 aliphatic rings. The number of carboxylic acids is 1. The van der Waals surface area contributed by atoms with Crippen LogP contribution in [0.1, 0.15) is 64.7 Å². The van der Waals surface area contributed by atoms with Crippen molar-refractivity contribution >= 4 is 23.7 Å². The molecule has 1 N–H and O–H groups in total. The average molecular weight is 718 g/mol. The first-order valence-electron chi connectivity index (χ1n) is 18.0. The van der Waals surface area contributed by atoms with E-state index in [0.717, 1.165) is 0 Å². The first-order chi connectivity index (χ1) is 23.9. The lowest BCUT2D eigenvalue weighted by Gasteiger charge is -2.48. The summed E-state index contributed by atoms with van der Waals surface area (Å²) in [6.45, 7) is 12.6. The van der Waals surface area contributed by atoms with Crippen LogP contribution in [0.3, 0.4) is 0 Å². The first kappa shape index (κ1) is 40.8. The fourth-order valence-electron chi connectivity index (χ4n) is 8.11. The molecule has 0 saturated carbocycles. The number of methoxy groups -OCH3 is 1. The average Bonchev–Trinajstić information content (AvgIpc) is 3.05. The van der Waals surface area contributed by atoms with Gasteiger partial charge in [0.2, 0.25) is 0 Å². The Hall–Kier alpha value is -2.94. The predicted molar refractivity (Wildman–Crippen MR) is 189 cm³/mol. The minimum Gasteiger partial charge on any atom is -0.480 e. The van der Waals surface area contributed by atoms with Crippen LogP contribution in [0.15, 0.2) is 30.3 Å². The Morgan fingerprint density at radius 3 is 2.27 bits per heavy atom. The molecule has 3 saturated heterocycles. The minimum absolute atomic E-state index is 0.0305. The van der Waals surface area contributed by atoms with E-state index in [1.807, 2.05) is 50.9 Å². The quantitative estimate of drug-likeness (QED) is 0.295. The molecule has 13 nitrogen and oxygen atoms in total. The van der Waals surface area contributed by atoms with Gasteiger partial charge in [0.1, 0.15) is 12.0 Å². The van der Waals surface area contributed by atoms with E-state index in [4.69, 9.17) is 23.7 Å².